The molecule has 37 heavy (non-hydrogen) atoms. The van der Waals surface area contributed by atoms with E-state index >= 15 is 0 Å². The van der Waals surface area contributed by atoms with E-state index < -0.39 is 28.1 Å². The maximum Gasteiger partial charge on any atom is 0.331 e. The maximum atomic E-state index is 14.6. The number of hydrogen-bond donors (Lipinski definition) is 1. The van der Waals surface area contributed by atoms with Gasteiger partial charge in [0.1, 0.15) is 36.0 Å². The molecule has 1 fully saturated rings. The number of benzene rings is 2. The number of ether oxygens (including phenoxy) is 1. The lowest BCUT2D eigenvalue weighted by Gasteiger charge is -2.38. The highest BCUT2D eigenvalue weighted by Crippen LogP contribution is 2.29. The summed E-state index contributed by atoms with van der Waals surface area (Å²) < 4.78 is 35.0. The lowest BCUT2D eigenvalue weighted by atomic mass is 9.91. The number of aromatic nitrogens is 3. The minimum atomic E-state index is -1.71. The quantitative estimate of drug-likeness (QED) is 0.200. The molecule has 1 aromatic heterocycles. The van der Waals surface area contributed by atoms with Gasteiger partial charge in [0.05, 0.1) is 11.5 Å². The zero-order chi connectivity index (χ0) is 26.4. The fourth-order valence-electron chi connectivity index (χ4n) is 4.30. The molecule has 0 radical (unpaired) electrons. The summed E-state index contributed by atoms with van der Waals surface area (Å²) in [6, 6.07) is 8.83. The van der Waals surface area contributed by atoms with Crippen LogP contribution in [0, 0.1) is 21.7 Å². The molecular formula is C25H25F2N5O5. The zero-order valence-corrected chi connectivity index (χ0v) is 19.7. The second kappa shape index (κ2) is 11.4. The molecule has 1 aliphatic rings. The Morgan fingerprint density at radius 2 is 1.92 bits per heavy atom. The van der Waals surface area contributed by atoms with Gasteiger partial charge in [-0.25, -0.2) is 23.2 Å². The van der Waals surface area contributed by atoms with Crippen molar-refractivity contribution in [3.63, 3.8) is 0 Å². The maximum absolute atomic E-state index is 14.6. The average Bonchev–Trinajstić information content (AvgIpc) is 3.36. The minimum Gasteiger partial charge on any atom is -0.459 e. The first-order valence-corrected chi connectivity index (χ1v) is 11.6. The Hall–Kier alpha value is -4.03. The van der Waals surface area contributed by atoms with E-state index in [2.05, 4.69) is 10.1 Å². The molecule has 0 amide bonds. The molecule has 4 rings (SSSR count). The van der Waals surface area contributed by atoms with Gasteiger partial charge in [-0.15, -0.1) is 0 Å². The molecule has 2 aromatic carbocycles. The first kappa shape index (κ1) is 26.0. The molecular weight excluding hydrogens is 488 g/mol. The molecule has 1 N–H and O–H groups in total. The number of nitrogens with zero attached hydrogens (tertiary/aromatic N) is 5. The third-order valence-electron chi connectivity index (χ3n) is 6.14. The number of hydrogen-bond acceptors (Lipinski definition) is 8. The van der Waals surface area contributed by atoms with Gasteiger partial charge in [-0.05, 0) is 42.7 Å². The summed E-state index contributed by atoms with van der Waals surface area (Å²) >= 11 is 0. The molecule has 0 spiro atoms. The van der Waals surface area contributed by atoms with Crippen molar-refractivity contribution in [2.75, 3.05) is 19.6 Å². The monoisotopic (exact) mass is 513 g/mol. The highest BCUT2D eigenvalue weighted by Gasteiger charge is 2.37. The van der Waals surface area contributed by atoms with Gasteiger partial charge < -0.3 is 9.84 Å². The summed E-state index contributed by atoms with van der Waals surface area (Å²) in [6.07, 6.45) is 6.16. The molecule has 1 atom stereocenters. The van der Waals surface area contributed by atoms with Gasteiger partial charge in [0.25, 0.3) is 5.69 Å². The Balaban J connectivity index is 1.34. The van der Waals surface area contributed by atoms with Gasteiger partial charge in [0.15, 0.2) is 0 Å². The van der Waals surface area contributed by atoms with E-state index in [4.69, 9.17) is 4.74 Å². The summed E-state index contributed by atoms with van der Waals surface area (Å²) in [7, 11) is 0. The molecule has 2 heterocycles. The van der Waals surface area contributed by atoms with E-state index in [0.717, 1.165) is 12.1 Å². The number of nitro benzene ring substituents is 1. The molecule has 1 unspecified atom stereocenters. The van der Waals surface area contributed by atoms with Crippen LogP contribution in [0.15, 0.2) is 61.2 Å². The predicted octanol–water partition coefficient (Wildman–Crippen LogP) is 3.07. The van der Waals surface area contributed by atoms with Crippen molar-refractivity contribution < 1.29 is 28.3 Å². The first-order chi connectivity index (χ1) is 17.7. The Morgan fingerprint density at radius 1 is 1.19 bits per heavy atom. The van der Waals surface area contributed by atoms with Crippen LogP contribution in [-0.2, 0) is 21.7 Å². The number of esters is 1. The smallest absolute Gasteiger partial charge is 0.331 e. The third kappa shape index (κ3) is 6.80. The number of halogens is 2. The largest absolute Gasteiger partial charge is 0.459 e. The van der Waals surface area contributed by atoms with Crippen molar-refractivity contribution in [1.29, 1.82) is 0 Å². The van der Waals surface area contributed by atoms with Crippen molar-refractivity contribution in [2.24, 2.45) is 0 Å². The molecule has 12 heteroatoms. The van der Waals surface area contributed by atoms with Crippen molar-refractivity contribution in [2.45, 2.75) is 31.1 Å². The van der Waals surface area contributed by atoms with E-state index in [-0.39, 0.29) is 30.4 Å². The van der Waals surface area contributed by atoms with Crippen LogP contribution in [0.25, 0.3) is 6.08 Å². The topological polar surface area (TPSA) is 124 Å². The number of β-amino-alcohol motifs (C(OH)–C–C–N with tert-alkyl or cyclic N) is 1. The van der Waals surface area contributed by atoms with Crippen LogP contribution in [-0.4, -0.2) is 61.4 Å². The number of rotatable bonds is 9. The van der Waals surface area contributed by atoms with E-state index in [1.807, 2.05) is 4.90 Å². The normalized spacial score (nSPS) is 16.5. The van der Waals surface area contributed by atoms with Crippen LogP contribution in [0.3, 0.4) is 0 Å². The molecule has 0 saturated carbocycles. The molecule has 1 aliphatic heterocycles. The zero-order valence-electron chi connectivity index (χ0n) is 19.7. The summed E-state index contributed by atoms with van der Waals surface area (Å²) in [5.74, 6) is -2.13. The summed E-state index contributed by atoms with van der Waals surface area (Å²) in [6.45, 7) is 0.924. The van der Waals surface area contributed by atoms with Crippen LogP contribution < -0.4 is 0 Å². The molecule has 194 valence electrons. The number of likely N-dealkylation sites (tertiary alicyclic amines) is 1. The Labute approximate surface area is 211 Å². The fraction of sp³-hybridized carbons (Fsp3) is 0.320. The number of piperidine rings is 1. The Kier molecular flexibility index (Phi) is 7.99. The van der Waals surface area contributed by atoms with E-state index in [0.29, 0.717) is 31.5 Å². The SMILES string of the molecule is O=C(/C=C/c1ccc([N+](=O)[O-])cc1)OC1CCN(CC(O)(Cn2cncn2)c2ccc(F)cc2F)CC1. The van der Waals surface area contributed by atoms with E-state index in [1.165, 1.54) is 59.8 Å². The highest BCUT2D eigenvalue weighted by molar-refractivity contribution is 5.87. The molecule has 1 saturated heterocycles. The number of aliphatic hydroxyl groups is 1. The Bertz CT molecular complexity index is 1260. The second-order valence-electron chi connectivity index (χ2n) is 8.84. The van der Waals surface area contributed by atoms with Crippen molar-refractivity contribution in [1.82, 2.24) is 19.7 Å². The summed E-state index contributed by atoms with van der Waals surface area (Å²) in [5.41, 5.74) is -1.17. The van der Waals surface area contributed by atoms with Gasteiger partial charge >= 0.3 is 5.97 Å². The molecule has 3 aromatic rings. The molecule has 10 nitrogen and oxygen atoms in total. The van der Waals surface area contributed by atoms with Gasteiger partial charge in [-0.1, -0.05) is 6.07 Å². The van der Waals surface area contributed by atoms with Crippen molar-refractivity contribution >= 4 is 17.7 Å². The van der Waals surface area contributed by atoms with Crippen LogP contribution in [0.1, 0.15) is 24.0 Å². The number of carbonyl (C=O) groups excluding carboxylic acids is 1. The standard InChI is InChI=1S/C25H25F2N5O5/c26-19-4-7-22(23(27)13-19)25(34,15-31-17-28-16-29-31)14-30-11-9-21(10-12-30)37-24(33)8-3-18-1-5-20(6-2-18)32(35)36/h1-8,13,16-17,21,34H,9-12,14-15H2/b8-3+. The van der Waals surface area contributed by atoms with Crippen molar-refractivity contribution in [3.05, 3.63) is 94.1 Å². The summed E-state index contributed by atoms with van der Waals surface area (Å²) in [5, 5.41) is 26.2. The molecule has 0 aliphatic carbocycles. The lowest BCUT2D eigenvalue weighted by molar-refractivity contribution is -0.384. The highest BCUT2D eigenvalue weighted by atomic mass is 19.1. The van der Waals surface area contributed by atoms with Crippen molar-refractivity contribution in [3.8, 4) is 0 Å². The minimum absolute atomic E-state index is 0.0400. The van der Waals surface area contributed by atoms with E-state index in [9.17, 15) is 28.8 Å². The lowest BCUT2D eigenvalue weighted by Crippen LogP contribution is -2.48. The Morgan fingerprint density at radius 3 is 2.54 bits per heavy atom. The molecule has 0 bridgehead atoms. The number of nitro groups is 1. The van der Waals surface area contributed by atoms with Crippen LogP contribution in [0.4, 0.5) is 14.5 Å². The second-order valence-corrected chi connectivity index (χ2v) is 8.84. The van der Waals surface area contributed by atoms with Crippen LogP contribution in [0.2, 0.25) is 0 Å². The van der Waals surface area contributed by atoms with Crippen LogP contribution >= 0.6 is 0 Å². The van der Waals surface area contributed by atoms with E-state index in [1.54, 1.807) is 0 Å². The number of non-ortho nitro benzene ring substituents is 1. The number of carbonyl (C=O) groups is 1. The fourth-order valence-corrected chi connectivity index (χ4v) is 4.30. The van der Waals surface area contributed by atoms with Gasteiger partial charge in [-0.3, -0.25) is 15.0 Å². The van der Waals surface area contributed by atoms with Gasteiger partial charge in [0.2, 0.25) is 0 Å². The predicted molar refractivity (Wildman–Crippen MR) is 128 cm³/mol. The van der Waals surface area contributed by atoms with Crippen LogP contribution in [0.5, 0.6) is 0 Å². The summed E-state index contributed by atoms with van der Waals surface area (Å²) in [4.78, 5) is 28.3. The van der Waals surface area contributed by atoms with Gasteiger partial charge in [0, 0.05) is 49.5 Å². The van der Waals surface area contributed by atoms with Gasteiger partial charge in [-0.2, -0.15) is 5.10 Å². The first-order valence-electron chi connectivity index (χ1n) is 11.6. The third-order valence-corrected chi connectivity index (χ3v) is 6.14. The average molecular weight is 514 g/mol.